The van der Waals surface area contributed by atoms with Gasteiger partial charge >= 0.3 is 23.1 Å². The van der Waals surface area contributed by atoms with Crippen molar-refractivity contribution >= 4 is 39.0 Å². The molecule has 0 heterocycles. The van der Waals surface area contributed by atoms with Gasteiger partial charge in [-0.3, -0.25) is 0 Å². The zero-order valence-electron chi connectivity index (χ0n) is 4.82. The lowest BCUT2D eigenvalue weighted by Gasteiger charge is -1.88. The largest absolute Gasteiger partial charge is 0.316 e. The van der Waals surface area contributed by atoms with E-state index in [0.29, 0.717) is 5.92 Å². The highest BCUT2D eigenvalue weighted by Crippen LogP contribution is 1.93. The maximum Gasteiger partial charge on any atom is 0.316 e. The molecule has 0 aliphatic heterocycles. The van der Waals surface area contributed by atoms with Crippen molar-refractivity contribution < 1.29 is 0 Å². The number of allylic oxidation sites excluding steroid dienone is 2. The lowest BCUT2D eigenvalue weighted by Crippen LogP contribution is -1.75. The molecule has 8 heavy (non-hydrogen) atoms. The minimum Gasteiger partial charge on any atom is -0.0883 e. The molecule has 0 radical (unpaired) electrons. The van der Waals surface area contributed by atoms with Crippen LogP contribution in [0.25, 0.3) is 0 Å². The van der Waals surface area contributed by atoms with Crippen molar-refractivity contribution in [3.8, 4) is 0 Å². The van der Waals surface area contributed by atoms with Crippen molar-refractivity contribution in [3.05, 3.63) is 12.2 Å². The smallest absolute Gasteiger partial charge is 0.0883 e. The van der Waals surface area contributed by atoms with Crippen LogP contribution in [0.5, 0.6) is 0 Å². The fourth-order valence-electron chi connectivity index (χ4n) is 0.324. The highest BCUT2D eigenvalue weighted by atomic mass is 79.9. The number of hydrogen-bond acceptors (Lipinski definition) is 0. The molecule has 46 valence electrons. The summed E-state index contributed by atoms with van der Waals surface area (Å²) in [4.78, 5) is 0. The second-order valence-corrected chi connectivity index (χ2v) is 2.47. The summed E-state index contributed by atoms with van der Waals surface area (Å²) in [6.07, 6.45) is 4.29. The van der Waals surface area contributed by atoms with Crippen LogP contribution in [0, 0.1) is 5.92 Å². The summed E-state index contributed by atoms with van der Waals surface area (Å²) in [6.45, 7) is 4.33. The van der Waals surface area contributed by atoms with Gasteiger partial charge < -0.3 is 0 Å². The number of rotatable bonds is 2. The summed E-state index contributed by atoms with van der Waals surface area (Å²) in [5.74, 6) is 0.692. The molecule has 0 spiro atoms. The SMILES string of the molecule is CC(C)/C=C/CBr.[MgH2]. The molecule has 0 N–H and O–H groups in total. The van der Waals surface area contributed by atoms with E-state index in [0.717, 1.165) is 5.33 Å². The molecule has 0 aromatic heterocycles. The van der Waals surface area contributed by atoms with Crippen LogP contribution < -0.4 is 0 Å². The Morgan fingerprint density at radius 2 is 2.00 bits per heavy atom. The highest BCUT2D eigenvalue weighted by Gasteiger charge is 1.78. The van der Waals surface area contributed by atoms with Crippen molar-refractivity contribution in [1.82, 2.24) is 0 Å². The average molecular weight is 189 g/mol. The molecule has 0 amide bonds. The monoisotopic (exact) mass is 188 g/mol. The predicted octanol–water partition coefficient (Wildman–Crippen LogP) is 1.68. The molecule has 0 saturated heterocycles. The van der Waals surface area contributed by atoms with Crippen LogP contribution in [0.1, 0.15) is 13.8 Å². The van der Waals surface area contributed by atoms with Gasteiger partial charge in [-0.1, -0.05) is 41.9 Å². The Kier molecular flexibility index (Phi) is 11.7. The van der Waals surface area contributed by atoms with Crippen LogP contribution >= 0.6 is 15.9 Å². The van der Waals surface area contributed by atoms with E-state index in [1.54, 1.807) is 0 Å². The molecule has 0 unspecified atom stereocenters. The van der Waals surface area contributed by atoms with Gasteiger partial charge in [0.2, 0.25) is 0 Å². The summed E-state index contributed by atoms with van der Waals surface area (Å²) in [5, 5.41) is 0.977. The van der Waals surface area contributed by atoms with E-state index in [1.165, 1.54) is 0 Å². The number of halogens is 1. The lowest BCUT2D eigenvalue weighted by molar-refractivity contribution is 0.830. The van der Waals surface area contributed by atoms with Gasteiger partial charge in [0.15, 0.2) is 0 Å². The Labute approximate surface area is 76.0 Å². The molecule has 0 nitrogen and oxygen atoms in total. The van der Waals surface area contributed by atoms with Gasteiger partial charge in [-0.2, -0.15) is 0 Å². The van der Waals surface area contributed by atoms with Crippen molar-refractivity contribution in [1.29, 1.82) is 0 Å². The Morgan fingerprint density at radius 1 is 1.50 bits per heavy atom. The van der Waals surface area contributed by atoms with Gasteiger partial charge in [0.1, 0.15) is 0 Å². The van der Waals surface area contributed by atoms with E-state index >= 15 is 0 Å². The molecule has 0 saturated carbocycles. The molecule has 0 aliphatic carbocycles. The van der Waals surface area contributed by atoms with Crippen LogP contribution in [0.15, 0.2) is 12.2 Å². The first-order valence-electron chi connectivity index (χ1n) is 2.50. The van der Waals surface area contributed by atoms with E-state index < -0.39 is 0 Å². The van der Waals surface area contributed by atoms with Crippen LogP contribution in [0.2, 0.25) is 0 Å². The summed E-state index contributed by atoms with van der Waals surface area (Å²) < 4.78 is 0. The fourth-order valence-corrected chi connectivity index (χ4v) is 0.539. The fraction of sp³-hybridized carbons (Fsp3) is 0.667. The van der Waals surface area contributed by atoms with Crippen molar-refractivity contribution in [2.75, 3.05) is 5.33 Å². The topological polar surface area (TPSA) is 0 Å². The summed E-state index contributed by atoms with van der Waals surface area (Å²) in [5.41, 5.74) is 0. The standard InChI is InChI=1S/C6H11Br.Mg.2H/c1-6(2)4-3-5-7;;;/h3-4,6H,5H2,1-2H3;;;/b4-3+;;;. The van der Waals surface area contributed by atoms with E-state index in [1.807, 2.05) is 0 Å². The van der Waals surface area contributed by atoms with Gasteiger partial charge in [0, 0.05) is 5.33 Å². The normalized spacial score (nSPS) is 10.0. The maximum absolute atomic E-state index is 3.29. The average Bonchev–Trinajstić information content (AvgIpc) is 1.61. The summed E-state index contributed by atoms with van der Waals surface area (Å²) >= 11 is 3.29. The van der Waals surface area contributed by atoms with Gasteiger partial charge in [0.25, 0.3) is 0 Å². The first kappa shape index (κ1) is 11.7. The first-order chi connectivity index (χ1) is 3.27. The molecule has 2 heteroatoms. The maximum atomic E-state index is 3.29. The van der Waals surface area contributed by atoms with E-state index in [4.69, 9.17) is 0 Å². The number of hydrogen-bond donors (Lipinski definition) is 0. The molecule has 0 aliphatic rings. The summed E-state index contributed by atoms with van der Waals surface area (Å²) in [6, 6.07) is 0. The zero-order valence-corrected chi connectivity index (χ0v) is 6.40. The Balaban J connectivity index is 0. The van der Waals surface area contributed by atoms with E-state index in [2.05, 4.69) is 41.9 Å². The third kappa shape index (κ3) is 10.1. The van der Waals surface area contributed by atoms with Crippen molar-refractivity contribution in [3.63, 3.8) is 0 Å². The zero-order chi connectivity index (χ0) is 5.70. The second-order valence-electron chi connectivity index (χ2n) is 1.83. The first-order valence-corrected chi connectivity index (χ1v) is 3.62. The van der Waals surface area contributed by atoms with E-state index in [9.17, 15) is 0 Å². The van der Waals surface area contributed by atoms with Gasteiger partial charge in [-0.05, 0) is 5.92 Å². The molecule has 0 atom stereocenters. The molecular formula is C6H13BrMg. The van der Waals surface area contributed by atoms with Gasteiger partial charge in [-0.15, -0.1) is 0 Å². The Bertz CT molecular complexity index is 59.5. The molecule has 0 fully saturated rings. The Hall–Kier alpha value is 0.986. The number of alkyl halides is 1. The van der Waals surface area contributed by atoms with E-state index in [-0.39, 0.29) is 23.1 Å². The molecule has 0 aromatic carbocycles. The van der Waals surface area contributed by atoms with Crippen LogP contribution in [-0.2, 0) is 0 Å². The lowest BCUT2D eigenvalue weighted by atomic mass is 10.2. The third-order valence-electron chi connectivity index (χ3n) is 0.610. The highest BCUT2D eigenvalue weighted by molar-refractivity contribution is 9.09. The van der Waals surface area contributed by atoms with Gasteiger partial charge in [-0.25, -0.2) is 0 Å². The quantitative estimate of drug-likeness (QED) is 0.352. The second kappa shape index (κ2) is 7.99. The Morgan fingerprint density at radius 3 is 2.12 bits per heavy atom. The van der Waals surface area contributed by atoms with Crippen molar-refractivity contribution in [2.24, 2.45) is 5.92 Å². The minimum atomic E-state index is 0. The third-order valence-corrected chi connectivity index (χ3v) is 0.984. The molecule has 0 rings (SSSR count). The van der Waals surface area contributed by atoms with Crippen LogP contribution in [0.3, 0.4) is 0 Å². The molecule has 0 bridgehead atoms. The van der Waals surface area contributed by atoms with Crippen molar-refractivity contribution in [2.45, 2.75) is 13.8 Å². The van der Waals surface area contributed by atoms with Crippen LogP contribution in [0.4, 0.5) is 0 Å². The minimum absolute atomic E-state index is 0. The summed E-state index contributed by atoms with van der Waals surface area (Å²) in [7, 11) is 0. The molecule has 0 aromatic rings. The molecular weight excluding hydrogens is 176 g/mol. The van der Waals surface area contributed by atoms with Crippen LogP contribution in [-0.4, -0.2) is 28.4 Å². The predicted molar refractivity (Wildman–Crippen MR) is 46.3 cm³/mol. The van der Waals surface area contributed by atoms with Gasteiger partial charge in [0.05, 0.1) is 0 Å².